The molecule has 2 saturated heterocycles. The van der Waals surface area contributed by atoms with Crippen LogP contribution in [0.25, 0.3) is 0 Å². The Balaban J connectivity index is 1.62. The van der Waals surface area contributed by atoms with Crippen molar-refractivity contribution in [1.82, 2.24) is 4.90 Å². The Bertz CT molecular complexity index is 1800. The average Bonchev–Trinajstić information content (AvgIpc) is 3.35. The van der Waals surface area contributed by atoms with Crippen molar-refractivity contribution in [2.75, 3.05) is 11.5 Å². The van der Waals surface area contributed by atoms with E-state index in [0.29, 0.717) is 0 Å². The zero-order valence-corrected chi connectivity index (χ0v) is 26.8. The summed E-state index contributed by atoms with van der Waals surface area (Å²) in [5.41, 5.74) is -2.73. The molecule has 1 saturated carbocycles. The van der Waals surface area contributed by atoms with E-state index in [1.807, 2.05) is 0 Å². The number of fused-ring (bicyclic) bond motifs is 4. The lowest BCUT2D eigenvalue weighted by Gasteiger charge is -2.50. The summed E-state index contributed by atoms with van der Waals surface area (Å²) >= 11 is 14.2. The van der Waals surface area contributed by atoms with Crippen LogP contribution in [0.3, 0.4) is 0 Å². The zero-order chi connectivity index (χ0) is 34.7. The molecular formula is C32H27Cl2F5N2O6. The summed E-state index contributed by atoms with van der Waals surface area (Å²) in [6, 6.07) is 4.16. The number of para-hydroxylation sites is 1. The summed E-state index contributed by atoms with van der Waals surface area (Å²) in [6.07, 6.45) is 0.906. The lowest BCUT2D eigenvalue weighted by Crippen LogP contribution is -2.60. The fourth-order valence-corrected chi connectivity index (χ4v) is 8.54. The highest BCUT2D eigenvalue weighted by atomic mass is 35.5. The van der Waals surface area contributed by atoms with Crippen molar-refractivity contribution in [3.8, 4) is 11.5 Å². The van der Waals surface area contributed by atoms with Crippen LogP contribution in [-0.4, -0.2) is 55.5 Å². The number of benzene rings is 2. The van der Waals surface area contributed by atoms with Crippen molar-refractivity contribution >= 4 is 52.5 Å². The molecule has 47 heavy (non-hydrogen) atoms. The number of phenolic OH excluding ortho intramolecular Hbond substituents is 1. The number of carbonyl (C=O) groups is 4. The Morgan fingerprint density at radius 2 is 1.51 bits per heavy atom. The minimum absolute atomic E-state index is 0.0121. The van der Waals surface area contributed by atoms with Crippen molar-refractivity contribution in [1.29, 1.82) is 0 Å². The molecule has 2 aliphatic carbocycles. The minimum atomic E-state index is -2.75. The van der Waals surface area contributed by atoms with Crippen LogP contribution in [0.1, 0.15) is 52.0 Å². The number of ether oxygens (including phenoxy) is 1. The number of amides is 4. The molecule has 0 unspecified atom stereocenters. The first-order valence-electron chi connectivity index (χ1n) is 14.7. The number of halogens is 7. The summed E-state index contributed by atoms with van der Waals surface area (Å²) in [7, 11) is 0. The van der Waals surface area contributed by atoms with Gasteiger partial charge in [0.15, 0.2) is 44.5 Å². The van der Waals surface area contributed by atoms with Gasteiger partial charge in [-0.3, -0.25) is 24.1 Å². The Hall–Kier alpha value is -3.71. The topological polar surface area (TPSA) is 104 Å². The average molecular weight is 701 g/mol. The normalized spacial score (nSPS) is 30.4. The van der Waals surface area contributed by atoms with Crippen LogP contribution < -0.4 is 9.64 Å². The molecule has 2 aliphatic heterocycles. The van der Waals surface area contributed by atoms with Gasteiger partial charge in [0.05, 0.1) is 18.4 Å². The van der Waals surface area contributed by atoms with Crippen LogP contribution in [0.15, 0.2) is 29.8 Å². The Morgan fingerprint density at radius 3 is 2.09 bits per heavy atom. The first-order valence-corrected chi connectivity index (χ1v) is 15.4. The Kier molecular flexibility index (Phi) is 7.52. The summed E-state index contributed by atoms with van der Waals surface area (Å²) < 4.78 is 78.6. The highest BCUT2D eigenvalue weighted by Crippen LogP contribution is 2.67. The van der Waals surface area contributed by atoms with E-state index >= 15 is 8.78 Å². The molecule has 6 atom stereocenters. The molecule has 1 N–H and O–H groups in total. The summed E-state index contributed by atoms with van der Waals surface area (Å²) in [5.74, 6) is -22.0. The molecule has 4 amide bonds. The van der Waals surface area contributed by atoms with Gasteiger partial charge in [0.25, 0.3) is 11.8 Å². The fraction of sp³-hybridized carbons (Fsp3) is 0.438. The van der Waals surface area contributed by atoms with Crippen LogP contribution in [-0.2, 0) is 19.2 Å². The van der Waals surface area contributed by atoms with E-state index in [-0.39, 0.29) is 34.8 Å². The van der Waals surface area contributed by atoms with E-state index < -0.39 is 110 Å². The second kappa shape index (κ2) is 10.6. The number of likely N-dealkylation sites (tertiary alicyclic amines) is 1. The third-order valence-corrected chi connectivity index (χ3v) is 10.9. The van der Waals surface area contributed by atoms with Gasteiger partial charge >= 0.3 is 0 Å². The number of allylic oxidation sites excluding steroid dienone is 2. The Labute approximate surface area is 275 Å². The molecule has 4 aliphatic rings. The molecule has 8 nitrogen and oxygen atoms in total. The van der Waals surface area contributed by atoms with E-state index in [9.17, 15) is 37.5 Å². The van der Waals surface area contributed by atoms with Gasteiger partial charge in [0.2, 0.25) is 17.6 Å². The van der Waals surface area contributed by atoms with Crippen molar-refractivity contribution in [2.24, 2.45) is 17.8 Å². The highest BCUT2D eigenvalue weighted by molar-refractivity contribution is 6.58. The number of phenols is 1. The molecule has 2 aromatic carbocycles. The van der Waals surface area contributed by atoms with Crippen molar-refractivity contribution in [2.45, 2.75) is 61.7 Å². The van der Waals surface area contributed by atoms with Crippen molar-refractivity contribution in [3.05, 3.63) is 64.5 Å². The first kappa shape index (κ1) is 33.2. The summed E-state index contributed by atoms with van der Waals surface area (Å²) in [4.78, 5) is 51.4. The van der Waals surface area contributed by atoms with Crippen LogP contribution in [0.2, 0.25) is 0 Å². The van der Waals surface area contributed by atoms with Gasteiger partial charge in [-0.15, -0.1) is 23.2 Å². The third-order valence-electron chi connectivity index (χ3n) is 9.53. The van der Waals surface area contributed by atoms with Crippen molar-refractivity contribution in [3.63, 3.8) is 0 Å². The van der Waals surface area contributed by atoms with Gasteiger partial charge in [-0.1, -0.05) is 23.8 Å². The highest BCUT2D eigenvalue weighted by Gasteiger charge is 2.77. The predicted molar refractivity (Wildman–Crippen MR) is 157 cm³/mol. The van der Waals surface area contributed by atoms with Gasteiger partial charge in [-0.2, -0.15) is 0 Å². The molecular weight excluding hydrogens is 674 g/mol. The van der Waals surface area contributed by atoms with Gasteiger partial charge in [0.1, 0.15) is 5.69 Å². The standard InChI is InChI=1S/C32H27Cl2F5N2O6/c1-5-47-16-8-6-7-14(25(16)42)18-12-9-10-13-17(27(44)41(26(13)43)30(2,3)4)15(12)11-31(33)28(45)40(29(46)32(18,31)34)24-22(38)20(36)19(35)21(37)23(24)39/h6-9,13,15,17-18,42H,5,10-11H2,1-4H3/t13-,15+,17-,18+,31+,32-/m0/s1. The van der Waals surface area contributed by atoms with E-state index in [1.54, 1.807) is 33.8 Å². The number of imide groups is 2. The largest absolute Gasteiger partial charge is 0.504 e. The molecule has 2 aromatic rings. The predicted octanol–water partition coefficient (Wildman–Crippen LogP) is 5.85. The van der Waals surface area contributed by atoms with Gasteiger partial charge in [-0.25, -0.2) is 26.9 Å². The third kappa shape index (κ3) is 4.17. The Morgan fingerprint density at radius 1 is 0.915 bits per heavy atom. The van der Waals surface area contributed by atoms with Crippen LogP contribution in [0.5, 0.6) is 11.5 Å². The maximum Gasteiger partial charge on any atom is 0.258 e. The second-order valence-electron chi connectivity index (χ2n) is 13.0. The van der Waals surface area contributed by atoms with Crippen LogP contribution >= 0.6 is 23.2 Å². The number of carbonyl (C=O) groups excluding carboxylic acids is 4. The quantitative estimate of drug-likeness (QED) is 0.107. The SMILES string of the molecule is CCOc1cccc([C@H]2C3=CC[C@@H]4C(=O)N(C(C)(C)C)C(=O)[C@@H]4[C@@H]3C[C@@]3(Cl)C(=O)N(c4c(F)c(F)c(F)c(F)c4F)C(=O)[C@@]23Cl)c1O. The molecule has 0 radical (unpaired) electrons. The maximum atomic E-state index is 15.2. The van der Waals surface area contributed by atoms with Crippen molar-refractivity contribution < 1.29 is 51.0 Å². The molecule has 0 bridgehead atoms. The molecule has 3 fully saturated rings. The van der Waals surface area contributed by atoms with Gasteiger partial charge < -0.3 is 9.84 Å². The van der Waals surface area contributed by atoms with E-state index in [2.05, 4.69) is 0 Å². The molecule has 15 heteroatoms. The number of hydrogen-bond acceptors (Lipinski definition) is 6. The second-order valence-corrected chi connectivity index (χ2v) is 14.2. The fourth-order valence-electron chi connectivity index (χ4n) is 7.62. The minimum Gasteiger partial charge on any atom is -0.504 e. The van der Waals surface area contributed by atoms with E-state index in [1.165, 1.54) is 18.2 Å². The number of nitrogens with zero attached hydrogens (tertiary/aromatic N) is 2. The lowest BCUT2D eigenvalue weighted by molar-refractivity contribution is -0.145. The summed E-state index contributed by atoms with van der Waals surface area (Å²) in [6.45, 7) is 6.69. The lowest BCUT2D eigenvalue weighted by atomic mass is 9.56. The molecule has 2 heterocycles. The molecule has 250 valence electrons. The first-order chi connectivity index (χ1) is 21.9. The molecule has 6 rings (SSSR count). The zero-order valence-electron chi connectivity index (χ0n) is 25.3. The molecule has 0 aromatic heterocycles. The number of aromatic hydroxyl groups is 1. The van der Waals surface area contributed by atoms with E-state index in [4.69, 9.17) is 27.9 Å². The van der Waals surface area contributed by atoms with Crippen LogP contribution in [0.4, 0.5) is 27.6 Å². The number of anilines is 1. The van der Waals surface area contributed by atoms with Gasteiger partial charge in [-0.05, 0) is 52.5 Å². The number of rotatable bonds is 4. The van der Waals surface area contributed by atoms with E-state index in [0.717, 1.165) is 4.90 Å². The monoisotopic (exact) mass is 700 g/mol. The molecule has 0 spiro atoms. The maximum absolute atomic E-state index is 15.2. The number of alkyl halides is 2. The summed E-state index contributed by atoms with van der Waals surface area (Å²) in [5, 5.41) is 11.4. The smallest absolute Gasteiger partial charge is 0.258 e. The number of hydrogen-bond donors (Lipinski definition) is 1. The van der Waals surface area contributed by atoms with Gasteiger partial charge in [0, 0.05) is 17.0 Å². The van der Waals surface area contributed by atoms with Crippen LogP contribution in [0, 0.1) is 46.8 Å².